The fourth-order valence-electron chi connectivity index (χ4n) is 4.70. The van der Waals surface area contributed by atoms with Crippen molar-refractivity contribution in [3.05, 3.63) is 72.3 Å². The van der Waals surface area contributed by atoms with Crippen molar-refractivity contribution in [2.24, 2.45) is 23.2 Å². The van der Waals surface area contributed by atoms with Crippen LogP contribution >= 0.6 is 0 Å². The number of rotatable bonds is 3. The van der Waals surface area contributed by atoms with Crippen LogP contribution in [0.15, 0.2) is 66.7 Å². The standard InChI is InChI=1S/C25H27NO2/c1-25(2,3)16-19-14-18(17-10-6-4-7-11-17)15-21-22(19)24(28)26(23(21)27)20-12-8-5-9-13-20/h4-14,19,21-22H,15-16H2,1-3H3/t19-,21-,22+/m0/s1. The van der Waals surface area contributed by atoms with Crippen molar-refractivity contribution in [3.8, 4) is 0 Å². The number of para-hydroxylation sites is 1. The van der Waals surface area contributed by atoms with Crippen LogP contribution in [0.2, 0.25) is 0 Å². The van der Waals surface area contributed by atoms with Crippen molar-refractivity contribution >= 4 is 23.1 Å². The fourth-order valence-corrected chi connectivity index (χ4v) is 4.70. The molecule has 2 aliphatic rings. The molecule has 0 radical (unpaired) electrons. The largest absolute Gasteiger partial charge is 0.274 e. The Hall–Kier alpha value is -2.68. The van der Waals surface area contributed by atoms with E-state index in [1.54, 1.807) is 0 Å². The van der Waals surface area contributed by atoms with Crippen LogP contribution in [0.5, 0.6) is 0 Å². The summed E-state index contributed by atoms with van der Waals surface area (Å²) in [7, 11) is 0. The smallest absolute Gasteiger partial charge is 0.238 e. The monoisotopic (exact) mass is 373 g/mol. The van der Waals surface area contributed by atoms with Gasteiger partial charge in [0.2, 0.25) is 11.8 Å². The predicted octanol–water partition coefficient (Wildman–Crippen LogP) is 5.33. The topological polar surface area (TPSA) is 37.4 Å². The number of hydrogen-bond acceptors (Lipinski definition) is 2. The molecule has 0 N–H and O–H groups in total. The lowest BCUT2D eigenvalue weighted by Gasteiger charge is -2.34. The number of nitrogens with zero attached hydrogens (tertiary/aromatic N) is 1. The van der Waals surface area contributed by atoms with Gasteiger partial charge in [0.1, 0.15) is 0 Å². The van der Waals surface area contributed by atoms with Crippen molar-refractivity contribution in [1.82, 2.24) is 0 Å². The van der Waals surface area contributed by atoms with Crippen LogP contribution in [0, 0.1) is 23.2 Å². The van der Waals surface area contributed by atoms with Gasteiger partial charge in [-0.2, -0.15) is 0 Å². The molecular weight excluding hydrogens is 346 g/mol. The normalized spacial score (nSPS) is 24.9. The zero-order chi connectivity index (χ0) is 19.9. The number of anilines is 1. The molecule has 1 aliphatic carbocycles. The first-order valence-corrected chi connectivity index (χ1v) is 10.0. The highest BCUT2D eigenvalue weighted by Crippen LogP contribution is 2.48. The number of hydrogen-bond donors (Lipinski definition) is 0. The molecule has 0 bridgehead atoms. The molecule has 0 aromatic heterocycles. The molecule has 1 heterocycles. The van der Waals surface area contributed by atoms with Gasteiger partial charge < -0.3 is 0 Å². The van der Waals surface area contributed by atoms with Crippen LogP contribution in [-0.4, -0.2) is 11.8 Å². The maximum Gasteiger partial charge on any atom is 0.238 e. The van der Waals surface area contributed by atoms with Crippen LogP contribution in [0.1, 0.15) is 39.2 Å². The summed E-state index contributed by atoms with van der Waals surface area (Å²) in [5, 5.41) is 0. The number of allylic oxidation sites excluding steroid dienone is 2. The van der Waals surface area contributed by atoms with E-state index in [2.05, 4.69) is 39.0 Å². The van der Waals surface area contributed by atoms with E-state index in [0.29, 0.717) is 12.1 Å². The molecule has 1 aliphatic heterocycles. The van der Waals surface area contributed by atoms with E-state index in [-0.39, 0.29) is 35.0 Å². The molecule has 3 nitrogen and oxygen atoms in total. The second-order valence-corrected chi connectivity index (χ2v) is 9.17. The maximum atomic E-state index is 13.4. The Labute approximate surface area is 167 Å². The summed E-state index contributed by atoms with van der Waals surface area (Å²) in [5.74, 6) is -0.570. The molecule has 3 atom stereocenters. The number of imide groups is 1. The highest BCUT2D eigenvalue weighted by molar-refractivity contribution is 6.22. The molecule has 28 heavy (non-hydrogen) atoms. The van der Waals surface area contributed by atoms with E-state index in [1.165, 1.54) is 10.5 Å². The molecule has 1 fully saturated rings. The molecule has 2 amide bonds. The van der Waals surface area contributed by atoms with Crippen molar-refractivity contribution in [1.29, 1.82) is 0 Å². The first-order chi connectivity index (χ1) is 13.3. The minimum absolute atomic E-state index is 0.0428. The van der Waals surface area contributed by atoms with Gasteiger partial charge >= 0.3 is 0 Å². The van der Waals surface area contributed by atoms with Gasteiger partial charge in [-0.1, -0.05) is 75.4 Å². The molecule has 0 unspecified atom stereocenters. The Bertz CT molecular complexity index is 909. The summed E-state index contributed by atoms with van der Waals surface area (Å²) in [6.07, 6.45) is 3.77. The molecule has 144 valence electrons. The first kappa shape index (κ1) is 18.7. The average Bonchev–Trinajstić information content (AvgIpc) is 2.92. The van der Waals surface area contributed by atoms with Gasteiger partial charge in [0, 0.05) is 0 Å². The molecule has 3 heteroatoms. The molecule has 1 saturated heterocycles. The van der Waals surface area contributed by atoms with Crippen LogP contribution in [0.4, 0.5) is 5.69 Å². The highest BCUT2D eigenvalue weighted by Gasteiger charge is 2.53. The van der Waals surface area contributed by atoms with Crippen LogP contribution < -0.4 is 4.90 Å². The second kappa shape index (κ2) is 7.05. The van der Waals surface area contributed by atoms with E-state index in [9.17, 15) is 9.59 Å². The summed E-state index contributed by atoms with van der Waals surface area (Å²) in [6, 6.07) is 19.6. The maximum absolute atomic E-state index is 13.4. The minimum atomic E-state index is -0.278. The number of amides is 2. The summed E-state index contributed by atoms with van der Waals surface area (Å²) in [5.41, 5.74) is 3.10. The average molecular weight is 373 g/mol. The van der Waals surface area contributed by atoms with Gasteiger partial charge in [-0.15, -0.1) is 0 Å². The SMILES string of the molecule is CC(C)(C)C[C@@H]1C=C(c2ccccc2)C[C@@H]2C(=O)N(c3ccccc3)C(=O)[C@@H]21. The summed E-state index contributed by atoms with van der Waals surface area (Å²) >= 11 is 0. The number of carbonyl (C=O) groups excluding carboxylic acids is 2. The van der Waals surface area contributed by atoms with Gasteiger partial charge in [0.25, 0.3) is 0 Å². The number of fused-ring (bicyclic) bond motifs is 1. The van der Waals surface area contributed by atoms with Crippen molar-refractivity contribution in [2.75, 3.05) is 4.90 Å². The van der Waals surface area contributed by atoms with Crippen molar-refractivity contribution in [3.63, 3.8) is 0 Å². The molecule has 4 rings (SSSR count). The third-order valence-corrected chi connectivity index (χ3v) is 5.80. The Morgan fingerprint density at radius 2 is 1.50 bits per heavy atom. The van der Waals surface area contributed by atoms with Gasteiger partial charge in [-0.3, -0.25) is 14.5 Å². The first-order valence-electron chi connectivity index (χ1n) is 10.0. The Balaban J connectivity index is 1.75. The van der Waals surface area contributed by atoms with Crippen LogP contribution in [0.25, 0.3) is 5.57 Å². The van der Waals surface area contributed by atoms with E-state index in [1.807, 2.05) is 48.5 Å². The molecule has 2 aromatic rings. The summed E-state index contributed by atoms with van der Waals surface area (Å²) in [4.78, 5) is 28.1. The Kier molecular flexibility index (Phi) is 4.70. The van der Waals surface area contributed by atoms with Crippen LogP contribution in [-0.2, 0) is 9.59 Å². The van der Waals surface area contributed by atoms with Gasteiger partial charge in [0.15, 0.2) is 0 Å². The number of carbonyl (C=O) groups is 2. The lowest BCUT2D eigenvalue weighted by molar-refractivity contribution is -0.122. The summed E-state index contributed by atoms with van der Waals surface area (Å²) < 4.78 is 0. The molecule has 0 spiro atoms. The third kappa shape index (κ3) is 3.42. The van der Waals surface area contributed by atoms with Crippen molar-refractivity contribution < 1.29 is 9.59 Å². The predicted molar refractivity (Wildman–Crippen MR) is 113 cm³/mol. The summed E-state index contributed by atoms with van der Waals surface area (Å²) in [6.45, 7) is 6.59. The van der Waals surface area contributed by atoms with E-state index in [4.69, 9.17) is 0 Å². The molecular formula is C25H27NO2. The zero-order valence-corrected chi connectivity index (χ0v) is 16.8. The number of benzene rings is 2. The van der Waals surface area contributed by atoms with Gasteiger partial charge in [-0.25, -0.2) is 0 Å². The lowest BCUT2D eigenvalue weighted by Crippen LogP contribution is -2.33. The van der Waals surface area contributed by atoms with E-state index in [0.717, 1.165) is 12.0 Å². The quantitative estimate of drug-likeness (QED) is 0.682. The second-order valence-electron chi connectivity index (χ2n) is 9.17. The lowest BCUT2D eigenvalue weighted by atomic mass is 9.68. The van der Waals surface area contributed by atoms with Crippen LogP contribution in [0.3, 0.4) is 0 Å². The molecule has 2 aromatic carbocycles. The zero-order valence-electron chi connectivity index (χ0n) is 16.8. The fraction of sp³-hybridized carbons (Fsp3) is 0.360. The third-order valence-electron chi connectivity index (χ3n) is 5.80. The Morgan fingerprint density at radius 1 is 0.893 bits per heavy atom. The molecule has 0 saturated carbocycles. The van der Waals surface area contributed by atoms with E-state index >= 15 is 0 Å². The van der Waals surface area contributed by atoms with Gasteiger partial charge in [-0.05, 0) is 47.4 Å². The Morgan fingerprint density at radius 3 is 2.11 bits per heavy atom. The minimum Gasteiger partial charge on any atom is -0.274 e. The highest BCUT2D eigenvalue weighted by atomic mass is 16.2. The van der Waals surface area contributed by atoms with E-state index < -0.39 is 0 Å². The van der Waals surface area contributed by atoms with Crippen molar-refractivity contribution in [2.45, 2.75) is 33.6 Å². The van der Waals surface area contributed by atoms with Gasteiger partial charge in [0.05, 0.1) is 17.5 Å².